The van der Waals surface area contributed by atoms with Gasteiger partial charge in [0.2, 0.25) is 0 Å². The first-order chi connectivity index (χ1) is 15.3. The molecule has 1 aliphatic rings. The molecule has 0 spiro atoms. The van der Waals surface area contributed by atoms with E-state index in [1.807, 2.05) is 0 Å². The summed E-state index contributed by atoms with van der Waals surface area (Å²) in [7, 11) is -2.77. The number of benzene rings is 2. The largest absolute Gasteiger partial charge is 0.494 e. The molecule has 2 aromatic rings. The topological polar surface area (TPSA) is 82.1 Å². The molecule has 0 saturated carbocycles. The fraction of sp³-hybridized carbons (Fsp3) is 0.381. The number of ether oxygens (including phenoxy) is 3. The first kappa shape index (κ1) is 24.6. The van der Waals surface area contributed by atoms with E-state index in [0.717, 1.165) is 32.4 Å². The van der Waals surface area contributed by atoms with Crippen molar-refractivity contribution in [1.82, 2.24) is 4.90 Å². The molecule has 1 heterocycles. The van der Waals surface area contributed by atoms with Crippen LogP contribution in [0.25, 0.3) is 0 Å². The van der Waals surface area contributed by atoms with Gasteiger partial charge in [-0.3, -0.25) is 4.79 Å². The van der Waals surface area contributed by atoms with Crippen molar-refractivity contribution in [1.29, 1.82) is 0 Å². The zero-order valence-electron chi connectivity index (χ0n) is 17.8. The number of sulfone groups is 1. The Morgan fingerprint density at radius 1 is 1.12 bits per heavy atom. The summed E-state index contributed by atoms with van der Waals surface area (Å²) in [5.41, 5.74) is -0.434. The monoisotopic (exact) mass is 491 g/mol. The summed E-state index contributed by atoms with van der Waals surface area (Å²) in [6.45, 7) is 0.898. The first-order valence-corrected chi connectivity index (χ1v) is 11.6. The Balaban J connectivity index is 1.89. The molecule has 1 amide bonds. The molecule has 0 N–H and O–H groups in total. The van der Waals surface area contributed by atoms with Crippen LogP contribution in [-0.2, 0) is 9.84 Å². The minimum Gasteiger partial charge on any atom is -0.494 e. The lowest BCUT2D eigenvalue weighted by Gasteiger charge is -2.39. The maximum atomic E-state index is 13.2. The Labute approximate surface area is 187 Å². The molecule has 12 heteroatoms. The Bertz CT molecular complexity index is 1130. The van der Waals surface area contributed by atoms with Crippen LogP contribution in [0, 0.1) is 5.82 Å². The van der Waals surface area contributed by atoms with Crippen molar-refractivity contribution >= 4 is 15.7 Å². The van der Waals surface area contributed by atoms with Gasteiger partial charge in [0.1, 0.15) is 33.9 Å². The van der Waals surface area contributed by atoms with Crippen LogP contribution in [0.15, 0.2) is 41.3 Å². The van der Waals surface area contributed by atoms with Gasteiger partial charge in [0.05, 0.1) is 20.2 Å². The number of methoxy groups -OCH3 is 1. The molecule has 0 radical (unpaired) electrons. The quantitative estimate of drug-likeness (QED) is 0.552. The maximum Gasteiger partial charge on any atom is 0.425 e. The van der Waals surface area contributed by atoms with Gasteiger partial charge in [-0.2, -0.15) is 13.2 Å². The average Bonchev–Trinajstić information content (AvgIpc) is 2.69. The van der Waals surface area contributed by atoms with Crippen LogP contribution in [0.1, 0.15) is 17.3 Å². The zero-order valence-corrected chi connectivity index (χ0v) is 18.7. The Kier molecular flexibility index (Phi) is 6.78. The maximum absolute atomic E-state index is 13.2. The highest BCUT2D eigenvalue weighted by atomic mass is 32.2. The van der Waals surface area contributed by atoms with Crippen molar-refractivity contribution in [2.75, 3.05) is 26.5 Å². The predicted molar refractivity (Wildman–Crippen MR) is 109 cm³/mol. The molecule has 1 fully saturated rings. The molecule has 180 valence electrons. The summed E-state index contributed by atoms with van der Waals surface area (Å²) in [5, 5.41) is 0. The number of carbonyl (C=O) groups excluding carboxylic acids is 1. The van der Waals surface area contributed by atoms with E-state index in [2.05, 4.69) is 0 Å². The number of hydrogen-bond donors (Lipinski definition) is 0. The Morgan fingerprint density at radius 2 is 1.73 bits per heavy atom. The van der Waals surface area contributed by atoms with Crippen molar-refractivity contribution in [3.8, 4) is 17.2 Å². The molecule has 1 saturated heterocycles. The first-order valence-electron chi connectivity index (χ1n) is 9.67. The van der Waals surface area contributed by atoms with Gasteiger partial charge in [-0.05, 0) is 43.3 Å². The van der Waals surface area contributed by atoms with E-state index in [1.165, 1.54) is 29.2 Å². The lowest BCUT2D eigenvalue weighted by molar-refractivity contribution is -0.189. The number of halogens is 4. The third kappa shape index (κ3) is 5.49. The van der Waals surface area contributed by atoms with Gasteiger partial charge in [-0.15, -0.1) is 0 Å². The van der Waals surface area contributed by atoms with Gasteiger partial charge in [-0.1, -0.05) is 0 Å². The van der Waals surface area contributed by atoms with Gasteiger partial charge in [-0.25, -0.2) is 12.8 Å². The molecule has 7 nitrogen and oxygen atoms in total. The minimum absolute atomic E-state index is 0.0662. The number of carbonyl (C=O) groups is 1. The fourth-order valence-corrected chi connectivity index (χ4v) is 3.98. The van der Waals surface area contributed by atoms with Crippen LogP contribution in [-0.4, -0.2) is 64.1 Å². The number of likely N-dealkylation sites (tertiary alicyclic amines) is 1. The van der Waals surface area contributed by atoms with Crippen LogP contribution in [0.5, 0.6) is 17.2 Å². The van der Waals surface area contributed by atoms with E-state index < -0.39 is 57.0 Å². The van der Waals surface area contributed by atoms with Crippen LogP contribution in [0.3, 0.4) is 0 Å². The van der Waals surface area contributed by atoms with Gasteiger partial charge < -0.3 is 19.1 Å². The van der Waals surface area contributed by atoms with Crippen molar-refractivity contribution in [2.45, 2.75) is 30.2 Å². The molecular formula is C21H21F4NO6S. The summed E-state index contributed by atoms with van der Waals surface area (Å²) in [5.74, 6) is -1.70. The molecule has 0 bridgehead atoms. The molecule has 1 aliphatic heterocycles. The van der Waals surface area contributed by atoms with Gasteiger partial charge in [0.15, 0.2) is 21.7 Å². The normalized spacial score (nSPS) is 15.5. The van der Waals surface area contributed by atoms with Crippen molar-refractivity contribution in [2.24, 2.45) is 0 Å². The average molecular weight is 491 g/mol. The van der Waals surface area contributed by atoms with E-state index in [1.54, 1.807) is 0 Å². The molecule has 0 aromatic heterocycles. The van der Waals surface area contributed by atoms with E-state index in [0.29, 0.717) is 5.75 Å². The molecule has 33 heavy (non-hydrogen) atoms. The van der Waals surface area contributed by atoms with E-state index >= 15 is 0 Å². The second-order valence-electron chi connectivity index (χ2n) is 7.45. The third-order valence-electron chi connectivity index (χ3n) is 4.92. The molecule has 0 aliphatic carbocycles. The highest BCUT2D eigenvalue weighted by Gasteiger charge is 2.41. The fourth-order valence-electron chi connectivity index (χ4n) is 3.14. The van der Waals surface area contributed by atoms with Crippen molar-refractivity contribution < 1.29 is 45.0 Å². The SMILES string of the molecule is COc1c(S(C)(=O)=O)ccc(O[C@@H](C)C(F)(F)F)c1C(=O)N1CC(Oc2ccc(F)cc2)C1. The predicted octanol–water partition coefficient (Wildman–Crippen LogP) is 3.47. The summed E-state index contributed by atoms with van der Waals surface area (Å²) < 4.78 is 92.2. The summed E-state index contributed by atoms with van der Waals surface area (Å²) in [6, 6.07) is 7.29. The zero-order chi connectivity index (χ0) is 24.6. The van der Waals surface area contributed by atoms with Crippen LogP contribution in [0.4, 0.5) is 17.6 Å². The lowest BCUT2D eigenvalue weighted by Crippen LogP contribution is -2.56. The molecule has 3 rings (SSSR count). The second-order valence-corrected chi connectivity index (χ2v) is 9.43. The Hall–Kier alpha value is -3.02. The van der Waals surface area contributed by atoms with Crippen LogP contribution < -0.4 is 14.2 Å². The number of hydrogen-bond acceptors (Lipinski definition) is 6. The van der Waals surface area contributed by atoms with Crippen molar-refractivity contribution in [3.05, 3.63) is 47.8 Å². The highest BCUT2D eigenvalue weighted by Crippen LogP contribution is 2.38. The lowest BCUT2D eigenvalue weighted by atomic mass is 10.1. The summed E-state index contributed by atoms with van der Waals surface area (Å²) in [4.78, 5) is 14.1. The van der Waals surface area contributed by atoms with Crippen molar-refractivity contribution in [3.63, 3.8) is 0 Å². The number of amides is 1. The second kappa shape index (κ2) is 9.08. The van der Waals surface area contributed by atoms with Crippen LogP contribution >= 0.6 is 0 Å². The third-order valence-corrected chi connectivity index (χ3v) is 6.04. The number of nitrogens with zero attached hydrogens (tertiary/aromatic N) is 1. The molecule has 2 aromatic carbocycles. The molecule has 0 unspecified atom stereocenters. The molecule has 1 atom stereocenters. The number of rotatable bonds is 7. The Morgan fingerprint density at radius 3 is 2.24 bits per heavy atom. The van der Waals surface area contributed by atoms with Gasteiger partial charge >= 0.3 is 6.18 Å². The van der Waals surface area contributed by atoms with Crippen LogP contribution in [0.2, 0.25) is 0 Å². The summed E-state index contributed by atoms with van der Waals surface area (Å²) >= 11 is 0. The summed E-state index contributed by atoms with van der Waals surface area (Å²) in [6.07, 6.45) is -6.53. The molecular weight excluding hydrogens is 470 g/mol. The van der Waals surface area contributed by atoms with E-state index in [4.69, 9.17) is 14.2 Å². The van der Waals surface area contributed by atoms with E-state index in [-0.39, 0.29) is 18.0 Å². The standard InChI is InChI=1S/C21H21F4NO6S/c1-12(21(23,24)25)31-16-8-9-17(33(3,28)29)19(30-2)18(16)20(27)26-10-15(11-26)32-14-6-4-13(22)5-7-14/h4-9,12,15H,10-11H2,1-3H3/t12-/m0/s1. The smallest absolute Gasteiger partial charge is 0.425 e. The highest BCUT2D eigenvalue weighted by molar-refractivity contribution is 7.90. The number of alkyl halides is 3. The van der Waals surface area contributed by atoms with E-state index in [9.17, 15) is 30.8 Å². The van der Waals surface area contributed by atoms with Gasteiger partial charge in [0, 0.05) is 6.26 Å². The minimum atomic E-state index is -4.71. The van der Waals surface area contributed by atoms with Gasteiger partial charge in [0.25, 0.3) is 5.91 Å².